The summed E-state index contributed by atoms with van der Waals surface area (Å²) >= 11 is 0. The summed E-state index contributed by atoms with van der Waals surface area (Å²) in [4.78, 5) is 29.3. The molecule has 1 aromatic rings. The molecule has 1 N–H and O–H groups in total. The van der Waals surface area contributed by atoms with E-state index in [9.17, 15) is 14.0 Å². The number of nitrogens with zero attached hydrogens (tertiary/aromatic N) is 2. The topological polar surface area (TPSA) is 52.7 Å². The van der Waals surface area contributed by atoms with Crippen LogP contribution in [0.25, 0.3) is 0 Å². The molecule has 28 heavy (non-hydrogen) atoms. The van der Waals surface area contributed by atoms with Gasteiger partial charge < -0.3 is 15.1 Å². The zero-order valence-electron chi connectivity index (χ0n) is 16.8. The number of hydrogen-bond acceptors (Lipinski definition) is 3. The van der Waals surface area contributed by atoms with E-state index in [1.165, 1.54) is 25.0 Å². The van der Waals surface area contributed by atoms with Crippen molar-refractivity contribution in [2.75, 3.05) is 39.3 Å². The second-order valence-electron chi connectivity index (χ2n) is 8.08. The molecule has 5 nitrogen and oxygen atoms in total. The molecule has 2 aliphatic heterocycles. The van der Waals surface area contributed by atoms with Gasteiger partial charge in [0, 0.05) is 38.2 Å². The van der Waals surface area contributed by atoms with Crippen LogP contribution < -0.4 is 5.32 Å². The third-order valence-corrected chi connectivity index (χ3v) is 6.19. The fraction of sp³-hybridized carbons (Fsp3) is 0.636. The van der Waals surface area contributed by atoms with Crippen molar-refractivity contribution in [1.29, 1.82) is 0 Å². The SMILES string of the molecule is CC[C@@H]1CN(C(=O)c2ccc(F)cc2)CC[C@H]1CC(=O)NCCN1CCCC1. The molecule has 2 amide bonds. The molecule has 2 fully saturated rings. The summed E-state index contributed by atoms with van der Waals surface area (Å²) in [5.41, 5.74) is 0.523. The first-order valence-corrected chi connectivity index (χ1v) is 10.6. The third kappa shape index (κ3) is 5.53. The predicted octanol–water partition coefficient (Wildman–Crippen LogP) is 2.92. The largest absolute Gasteiger partial charge is 0.355 e. The lowest BCUT2D eigenvalue weighted by Crippen LogP contribution is -2.45. The number of likely N-dealkylation sites (tertiary alicyclic amines) is 2. The minimum atomic E-state index is -0.336. The molecule has 0 saturated carbocycles. The maximum absolute atomic E-state index is 13.1. The number of amides is 2. The number of piperidine rings is 1. The summed E-state index contributed by atoms with van der Waals surface area (Å²) in [7, 11) is 0. The number of carbonyl (C=O) groups is 2. The van der Waals surface area contributed by atoms with E-state index in [0.717, 1.165) is 39.0 Å². The van der Waals surface area contributed by atoms with Crippen molar-refractivity contribution in [3.05, 3.63) is 35.6 Å². The van der Waals surface area contributed by atoms with Crippen LogP contribution in [-0.4, -0.2) is 60.9 Å². The van der Waals surface area contributed by atoms with Crippen molar-refractivity contribution in [3.63, 3.8) is 0 Å². The lowest BCUT2D eigenvalue weighted by molar-refractivity contribution is -0.122. The summed E-state index contributed by atoms with van der Waals surface area (Å²) in [6, 6.07) is 5.73. The molecule has 2 heterocycles. The van der Waals surface area contributed by atoms with Gasteiger partial charge in [0.2, 0.25) is 5.91 Å². The molecule has 3 rings (SSSR count). The van der Waals surface area contributed by atoms with Gasteiger partial charge in [-0.3, -0.25) is 9.59 Å². The van der Waals surface area contributed by atoms with Gasteiger partial charge in [0.15, 0.2) is 0 Å². The number of carbonyl (C=O) groups excluding carboxylic acids is 2. The number of nitrogens with one attached hydrogen (secondary N) is 1. The van der Waals surface area contributed by atoms with Crippen molar-refractivity contribution in [2.24, 2.45) is 11.8 Å². The van der Waals surface area contributed by atoms with Crippen LogP contribution in [0.1, 0.15) is 49.4 Å². The first kappa shape index (κ1) is 20.8. The maximum atomic E-state index is 13.1. The standard InChI is InChI=1S/C22H32FN3O2/c1-2-17-16-26(22(28)18-5-7-20(23)8-6-18)13-9-19(17)15-21(27)24-10-14-25-11-3-4-12-25/h5-8,17,19H,2-4,9-16H2,1H3,(H,24,27)/t17-,19+/m1/s1. The van der Waals surface area contributed by atoms with Crippen molar-refractivity contribution in [3.8, 4) is 0 Å². The summed E-state index contributed by atoms with van der Waals surface area (Å²) in [5.74, 6) is 0.377. The molecule has 0 aliphatic carbocycles. The second-order valence-corrected chi connectivity index (χ2v) is 8.08. The number of rotatable bonds is 7. The Hall–Kier alpha value is -1.95. The van der Waals surface area contributed by atoms with Crippen LogP contribution in [0.4, 0.5) is 4.39 Å². The van der Waals surface area contributed by atoms with Crippen LogP contribution in [-0.2, 0) is 4.79 Å². The van der Waals surface area contributed by atoms with Crippen LogP contribution in [0.3, 0.4) is 0 Å². The number of hydrogen-bond donors (Lipinski definition) is 1. The van der Waals surface area contributed by atoms with E-state index in [0.29, 0.717) is 36.9 Å². The molecule has 6 heteroatoms. The Bertz CT molecular complexity index is 658. The van der Waals surface area contributed by atoms with Crippen molar-refractivity contribution >= 4 is 11.8 Å². The molecule has 2 saturated heterocycles. The quantitative estimate of drug-likeness (QED) is 0.780. The van der Waals surface area contributed by atoms with E-state index >= 15 is 0 Å². The van der Waals surface area contributed by atoms with E-state index in [-0.39, 0.29) is 17.6 Å². The van der Waals surface area contributed by atoms with Gasteiger partial charge in [0.1, 0.15) is 5.82 Å². The molecular formula is C22H32FN3O2. The van der Waals surface area contributed by atoms with Gasteiger partial charge in [0.25, 0.3) is 5.91 Å². The van der Waals surface area contributed by atoms with E-state index < -0.39 is 0 Å². The highest BCUT2D eigenvalue weighted by molar-refractivity contribution is 5.94. The van der Waals surface area contributed by atoms with Gasteiger partial charge in [-0.05, 0) is 68.5 Å². The summed E-state index contributed by atoms with van der Waals surface area (Å²) < 4.78 is 13.1. The highest BCUT2D eigenvalue weighted by Crippen LogP contribution is 2.29. The van der Waals surface area contributed by atoms with Crippen LogP contribution in [0, 0.1) is 17.7 Å². The molecule has 0 bridgehead atoms. The van der Waals surface area contributed by atoms with Crippen molar-refractivity contribution in [2.45, 2.75) is 39.0 Å². The molecule has 0 aromatic heterocycles. The Kier molecular flexibility index (Phi) is 7.43. The van der Waals surface area contributed by atoms with E-state index in [1.54, 1.807) is 12.1 Å². The maximum Gasteiger partial charge on any atom is 0.253 e. The molecule has 1 aromatic carbocycles. The van der Waals surface area contributed by atoms with E-state index in [2.05, 4.69) is 17.1 Å². The van der Waals surface area contributed by atoms with Gasteiger partial charge in [-0.25, -0.2) is 4.39 Å². The fourth-order valence-electron chi connectivity index (χ4n) is 4.44. The van der Waals surface area contributed by atoms with Gasteiger partial charge in [-0.15, -0.1) is 0 Å². The lowest BCUT2D eigenvalue weighted by atomic mass is 9.81. The Morgan fingerprint density at radius 3 is 2.50 bits per heavy atom. The zero-order valence-corrected chi connectivity index (χ0v) is 16.8. The second kappa shape index (κ2) is 10.0. The smallest absolute Gasteiger partial charge is 0.253 e. The third-order valence-electron chi connectivity index (χ3n) is 6.19. The van der Waals surface area contributed by atoms with Gasteiger partial charge >= 0.3 is 0 Å². The van der Waals surface area contributed by atoms with E-state index in [1.807, 2.05) is 4.90 Å². The molecule has 2 aliphatic rings. The summed E-state index contributed by atoms with van der Waals surface area (Å²) in [6.07, 6.45) is 4.85. The predicted molar refractivity (Wildman–Crippen MR) is 107 cm³/mol. The normalized spacial score (nSPS) is 23.0. The average molecular weight is 390 g/mol. The Balaban J connectivity index is 1.46. The highest BCUT2D eigenvalue weighted by Gasteiger charge is 2.32. The highest BCUT2D eigenvalue weighted by atomic mass is 19.1. The van der Waals surface area contributed by atoms with Crippen molar-refractivity contribution < 1.29 is 14.0 Å². The molecule has 0 radical (unpaired) electrons. The molecular weight excluding hydrogens is 357 g/mol. The molecule has 2 atom stereocenters. The van der Waals surface area contributed by atoms with E-state index in [4.69, 9.17) is 0 Å². The Morgan fingerprint density at radius 2 is 1.82 bits per heavy atom. The van der Waals surface area contributed by atoms with Crippen LogP contribution >= 0.6 is 0 Å². The molecule has 0 unspecified atom stereocenters. The monoisotopic (exact) mass is 389 g/mol. The zero-order chi connectivity index (χ0) is 19.9. The lowest BCUT2D eigenvalue weighted by Gasteiger charge is -2.38. The first-order valence-electron chi connectivity index (χ1n) is 10.6. The average Bonchev–Trinajstić information content (AvgIpc) is 3.22. The van der Waals surface area contributed by atoms with Crippen molar-refractivity contribution in [1.82, 2.24) is 15.1 Å². The minimum Gasteiger partial charge on any atom is -0.355 e. The van der Waals surface area contributed by atoms with Crippen LogP contribution in [0.2, 0.25) is 0 Å². The Morgan fingerprint density at radius 1 is 1.11 bits per heavy atom. The van der Waals surface area contributed by atoms with Gasteiger partial charge in [-0.2, -0.15) is 0 Å². The fourth-order valence-corrected chi connectivity index (χ4v) is 4.44. The summed E-state index contributed by atoms with van der Waals surface area (Å²) in [6.45, 7) is 7.39. The van der Waals surface area contributed by atoms with Gasteiger partial charge in [0.05, 0.1) is 0 Å². The number of benzene rings is 1. The number of halogens is 1. The first-order chi connectivity index (χ1) is 13.6. The molecule has 154 valence electrons. The van der Waals surface area contributed by atoms with Gasteiger partial charge in [-0.1, -0.05) is 13.3 Å². The Labute approximate surface area is 167 Å². The minimum absolute atomic E-state index is 0.0491. The summed E-state index contributed by atoms with van der Waals surface area (Å²) in [5, 5.41) is 3.07. The molecule has 0 spiro atoms. The van der Waals surface area contributed by atoms with Crippen LogP contribution in [0.15, 0.2) is 24.3 Å². The van der Waals surface area contributed by atoms with Crippen LogP contribution in [0.5, 0.6) is 0 Å².